The van der Waals surface area contributed by atoms with E-state index in [1.54, 1.807) is 12.1 Å². The Balaban J connectivity index is 1.71. The number of hydrogen-bond donors (Lipinski definition) is 2. The fourth-order valence-corrected chi connectivity index (χ4v) is 3.57. The summed E-state index contributed by atoms with van der Waals surface area (Å²) < 4.78 is 0. The predicted octanol–water partition coefficient (Wildman–Crippen LogP) is 2.40. The maximum atomic E-state index is 12.5. The fraction of sp³-hybridized carbons (Fsp3) is 0.556. The zero-order valence-electron chi connectivity index (χ0n) is 14.6. The van der Waals surface area contributed by atoms with E-state index in [1.165, 1.54) is 0 Å². The van der Waals surface area contributed by atoms with Gasteiger partial charge >= 0.3 is 6.03 Å². The van der Waals surface area contributed by atoms with Crippen molar-refractivity contribution in [1.82, 2.24) is 9.80 Å². The molecular formula is C18H26N4O2. The number of urea groups is 1. The number of fused-ring (bicyclic) bond motifs is 1. The predicted molar refractivity (Wildman–Crippen MR) is 93.9 cm³/mol. The molecule has 0 atom stereocenters. The van der Waals surface area contributed by atoms with Gasteiger partial charge in [0.15, 0.2) is 0 Å². The number of carbonyl (C=O) groups is 2. The van der Waals surface area contributed by atoms with Crippen LogP contribution in [0.25, 0.3) is 0 Å². The topological polar surface area (TPSA) is 78.7 Å². The first-order valence-corrected chi connectivity index (χ1v) is 8.51. The number of piperidine rings is 1. The van der Waals surface area contributed by atoms with Crippen molar-refractivity contribution in [2.75, 3.05) is 18.4 Å². The molecule has 6 heteroatoms. The Morgan fingerprint density at radius 3 is 2.50 bits per heavy atom. The van der Waals surface area contributed by atoms with E-state index in [2.05, 4.69) is 31.0 Å². The number of nitrogens with one attached hydrogen (secondary N) is 1. The van der Waals surface area contributed by atoms with Crippen LogP contribution in [0, 0.1) is 0 Å². The first-order valence-electron chi connectivity index (χ1n) is 8.51. The Morgan fingerprint density at radius 1 is 1.25 bits per heavy atom. The number of carbonyl (C=O) groups excluding carboxylic acids is 2. The lowest BCUT2D eigenvalue weighted by Gasteiger charge is -2.44. The van der Waals surface area contributed by atoms with Gasteiger partial charge in [-0.2, -0.15) is 0 Å². The quantitative estimate of drug-likeness (QED) is 0.874. The minimum absolute atomic E-state index is 0.0849. The van der Waals surface area contributed by atoms with Gasteiger partial charge in [-0.25, -0.2) is 4.79 Å². The van der Waals surface area contributed by atoms with Gasteiger partial charge < -0.3 is 16.0 Å². The van der Waals surface area contributed by atoms with Crippen molar-refractivity contribution in [3.63, 3.8) is 0 Å². The number of rotatable bonds is 2. The Kier molecular flexibility index (Phi) is 4.25. The van der Waals surface area contributed by atoms with E-state index in [0.717, 1.165) is 31.5 Å². The molecule has 24 heavy (non-hydrogen) atoms. The van der Waals surface area contributed by atoms with Crippen molar-refractivity contribution in [2.45, 2.75) is 51.7 Å². The molecule has 130 valence electrons. The molecule has 3 amide bonds. The summed E-state index contributed by atoms with van der Waals surface area (Å²) in [4.78, 5) is 28.2. The van der Waals surface area contributed by atoms with Gasteiger partial charge in [-0.3, -0.25) is 9.69 Å². The van der Waals surface area contributed by atoms with Crippen LogP contribution in [0.3, 0.4) is 0 Å². The van der Waals surface area contributed by atoms with Crippen LogP contribution in [0.4, 0.5) is 10.5 Å². The maximum absolute atomic E-state index is 12.5. The molecule has 3 rings (SSSR count). The molecule has 0 bridgehead atoms. The van der Waals surface area contributed by atoms with Crippen LogP contribution in [-0.2, 0) is 6.54 Å². The van der Waals surface area contributed by atoms with Crippen molar-refractivity contribution in [3.8, 4) is 0 Å². The molecule has 0 spiro atoms. The van der Waals surface area contributed by atoms with Crippen molar-refractivity contribution in [2.24, 2.45) is 5.73 Å². The van der Waals surface area contributed by atoms with Crippen LogP contribution >= 0.6 is 0 Å². The van der Waals surface area contributed by atoms with Crippen LogP contribution in [0.2, 0.25) is 0 Å². The Morgan fingerprint density at radius 2 is 1.92 bits per heavy atom. The molecule has 1 fully saturated rings. The van der Waals surface area contributed by atoms with Crippen LogP contribution in [0.1, 0.15) is 49.5 Å². The average molecular weight is 330 g/mol. The highest BCUT2D eigenvalue weighted by Gasteiger charge is 2.34. The summed E-state index contributed by atoms with van der Waals surface area (Å²) in [5.41, 5.74) is 7.62. The number of anilines is 1. The average Bonchev–Trinajstić information content (AvgIpc) is 2.53. The summed E-state index contributed by atoms with van der Waals surface area (Å²) in [5.74, 6) is -0.482. The SMILES string of the molecule is CC(C)(C)N1CCC(N2Cc3ccc(C(N)=O)cc3NC2=O)CC1. The largest absolute Gasteiger partial charge is 0.366 e. The van der Waals surface area contributed by atoms with Crippen molar-refractivity contribution >= 4 is 17.6 Å². The first kappa shape index (κ1) is 16.8. The molecule has 3 N–H and O–H groups in total. The van der Waals surface area contributed by atoms with Gasteiger partial charge in [0.2, 0.25) is 5.91 Å². The Labute approximate surface area is 143 Å². The van der Waals surface area contributed by atoms with E-state index in [-0.39, 0.29) is 17.6 Å². The lowest BCUT2D eigenvalue weighted by atomic mass is 9.96. The number of amides is 3. The molecule has 1 saturated heterocycles. The molecule has 0 radical (unpaired) electrons. The number of likely N-dealkylation sites (tertiary alicyclic amines) is 1. The molecule has 2 aliphatic rings. The third-order valence-corrected chi connectivity index (χ3v) is 5.09. The van der Waals surface area contributed by atoms with Gasteiger partial charge in [-0.15, -0.1) is 0 Å². The van der Waals surface area contributed by atoms with Crippen LogP contribution in [0.15, 0.2) is 18.2 Å². The van der Waals surface area contributed by atoms with Gasteiger partial charge in [-0.05, 0) is 51.3 Å². The standard InChI is InChI=1S/C18H26N4O2/c1-18(2,3)21-8-6-14(7-9-21)22-11-13-5-4-12(16(19)23)10-15(13)20-17(22)24/h4-5,10,14H,6-9,11H2,1-3H3,(H2,19,23)(H,20,24). The second-order valence-corrected chi connectivity index (χ2v) is 7.68. The highest BCUT2D eigenvalue weighted by molar-refractivity contribution is 5.97. The van der Waals surface area contributed by atoms with Gasteiger partial charge in [0.05, 0.1) is 0 Å². The zero-order valence-corrected chi connectivity index (χ0v) is 14.6. The summed E-state index contributed by atoms with van der Waals surface area (Å²) in [7, 11) is 0. The second-order valence-electron chi connectivity index (χ2n) is 7.68. The fourth-order valence-electron chi connectivity index (χ4n) is 3.57. The monoisotopic (exact) mass is 330 g/mol. The molecule has 1 aromatic carbocycles. The van der Waals surface area contributed by atoms with Gasteiger partial charge in [0, 0.05) is 42.5 Å². The van der Waals surface area contributed by atoms with Crippen LogP contribution in [-0.4, -0.2) is 46.4 Å². The molecule has 0 unspecified atom stereocenters. The molecule has 2 heterocycles. The summed E-state index contributed by atoms with van der Waals surface area (Å²) in [6.45, 7) is 9.28. The van der Waals surface area contributed by atoms with E-state index < -0.39 is 5.91 Å². The molecule has 6 nitrogen and oxygen atoms in total. The molecular weight excluding hydrogens is 304 g/mol. The summed E-state index contributed by atoms with van der Waals surface area (Å²) in [6, 6.07) is 5.44. The van der Waals surface area contributed by atoms with Crippen molar-refractivity contribution in [1.29, 1.82) is 0 Å². The van der Waals surface area contributed by atoms with Gasteiger partial charge in [0.1, 0.15) is 0 Å². The molecule has 2 aliphatic heterocycles. The van der Waals surface area contributed by atoms with Crippen LogP contribution < -0.4 is 11.1 Å². The number of primary amides is 1. The molecule has 1 aromatic rings. The minimum atomic E-state index is -0.482. The minimum Gasteiger partial charge on any atom is -0.366 e. The van der Waals surface area contributed by atoms with Gasteiger partial charge in [-0.1, -0.05) is 6.07 Å². The molecule has 0 aliphatic carbocycles. The third-order valence-electron chi connectivity index (χ3n) is 5.09. The summed E-state index contributed by atoms with van der Waals surface area (Å²) in [5, 5.41) is 2.91. The van der Waals surface area contributed by atoms with E-state index in [1.807, 2.05) is 11.0 Å². The summed E-state index contributed by atoms with van der Waals surface area (Å²) >= 11 is 0. The summed E-state index contributed by atoms with van der Waals surface area (Å²) in [6.07, 6.45) is 1.97. The lowest BCUT2D eigenvalue weighted by molar-refractivity contribution is 0.0667. The highest BCUT2D eigenvalue weighted by Crippen LogP contribution is 2.30. The van der Waals surface area contributed by atoms with Crippen molar-refractivity contribution in [3.05, 3.63) is 29.3 Å². The van der Waals surface area contributed by atoms with E-state index in [0.29, 0.717) is 17.8 Å². The lowest BCUT2D eigenvalue weighted by Crippen LogP contribution is -2.53. The van der Waals surface area contributed by atoms with Gasteiger partial charge in [0.25, 0.3) is 0 Å². The molecule has 0 saturated carbocycles. The number of nitrogens with zero attached hydrogens (tertiary/aromatic N) is 2. The number of nitrogens with two attached hydrogens (primary N) is 1. The Bertz CT molecular complexity index is 657. The van der Waals surface area contributed by atoms with Crippen LogP contribution in [0.5, 0.6) is 0 Å². The highest BCUT2D eigenvalue weighted by atomic mass is 16.2. The smallest absolute Gasteiger partial charge is 0.322 e. The molecule has 0 aromatic heterocycles. The third kappa shape index (κ3) is 3.24. The number of benzene rings is 1. The van der Waals surface area contributed by atoms with E-state index in [9.17, 15) is 9.59 Å². The zero-order chi connectivity index (χ0) is 17.5. The number of hydrogen-bond acceptors (Lipinski definition) is 3. The van der Waals surface area contributed by atoms with E-state index >= 15 is 0 Å². The van der Waals surface area contributed by atoms with E-state index in [4.69, 9.17) is 5.73 Å². The first-order chi connectivity index (χ1) is 11.3. The normalized spacial score (nSPS) is 19.8. The maximum Gasteiger partial charge on any atom is 0.322 e. The van der Waals surface area contributed by atoms with Crippen molar-refractivity contribution < 1.29 is 9.59 Å². The Hall–Kier alpha value is -2.08. The second kappa shape index (κ2) is 6.09.